The standard InChI is InChI=1S/C18H20N2O4/c1-2-12-9-14(18(23)24)10-13-5-6-15(21)20(17(12)13)11-16(22)19-7-3-4-8-19/h5-6,9-10H,2-4,7-8,11H2,1H3,(H,23,24). The summed E-state index contributed by atoms with van der Waals surface area (Å²) >= 11 is 0. The number of hydrogen-bond donors (Lipinski definition) is 1. The van der Waals surface area contributed by atoms with Crippen LogP contribution in [0.3, 0.4) is 0 Å². The molecule has 24 heavy (non-hydrogen) atoms. The van der Waals surface area contributed by atoms with E-state index in [1.165, 1.54) is 10.6 Å². The molecule has 1 saturated heterocycles. The van der Waals surface area contributed by atoms with E-state index in [0.717, 1.165) is 31.5 Å². The number of amides is 1. The maximum Gasteiger partial charge on any atom is 0.335 e. The topological polar surface area (TPSA) is 79.6 Å². The molecule has 126 valence electrons. The lowest BCUT2D eigenvalue weighted by molar-refractivity contribution is -0.130. The molecule has 1 aliphatic heterocycles. The third-order valence-electron chi connectivity index (χ3n) is 4.54. The van der Waals surface area contributed by atoms with Gasteiger partial charge in [-0.3, -0.25) is 14.2 Å². The van der Waals surface area contributed by atoms with Crippen molar-refractivity contribution >= 4 is 22.8 Å². The Bertz CT molecular complexity index is 863. The van der Waals surface area contributed by atoms with Gasteiger partial charge >= 0.3 is 5.97 Å². The molecule has 2 aromatic rings. The molecular weight excluding hydrogens is 308 g/mol. The van der Waals surface area contributed by atoms with Gasteiger partial charge in [0.05, 0.1) is 11.1 Å². The molecule has 0 radical (unpaired) electrons. The predicted molar refractivity (Wildman–Crippen MR) is 90.4 cm³/mol. The minimum atomic E-state index is -1.00. The molecule has 1 N–H and O–H groups in total. The van der Waals surface area contributed by atoms with Crippen LogP contribution in [0.4, 0.5) is 0 Å². The largest absolute Gasteiger partial charge is 0.478 e. The van der Waals surface area contributed by atoms with Crippen LogP contribution in [0.2, 0.25) is 0 Å². The fraction of sp³-hybridized carbons (Fsp3) is 0.389. The fourth-order valence-corrected chi connectivity index (χ4v) is 3.29. The van der Waals surface area contributed by atoms with Gasteiger partial charge in [0.1, 0.15) is 6.54 Å². The summed E-state index contributed by atoms with van der Waals surface area (Å²) in [4.78, 5) is 37.9. The number of aromatic carboxylic acids is 1. The van der Waals surface area contributed by atoms with E-state index in [0.29, 0.717) is 17.3 Å². The van der Waals surface area contributed by atoms with Crippen molar-refractivity contribution in [2.45, 2.75) is 32.7 Å². The van der Waals surface area contributed by atoms with Gasteiger partial charge in [0.25, 0.3) is 5.56 Å². The number of hydrogen-bond acceptors (Lipinski definition) is 3. The molecule has 2 heterocycles. The third kappa shape index (κ3) is 2.91. The van der Waals surface area contributed by atoms with Gasteiger partial charge in [0, 0.05) is 19.2 Å². The molecule has 6 heteroatoms. The van der Waals surface area contributed by atoms with Gasteiger partial charge in [0.15, 0.2) is 0 Å². The number of carbonyl (C=O) groups excluding carboxylic acids is 1. The van der Waals surface area contributed by atoms with Gasteiger partial charge < -0.3 is 10.0 Å². The Kier molecular flexibility index (Phi) is 4.38. The van der Waals surface area contributed by atoms with E-state index < -0.39 is 5.97 Å². The van der Waals surface area contributed by atoms with E-state index in [4.69, 9.17) is 0 Å². The van der Waals surface area contributed by atoms with Crippen molar-refractivity contribution in [1.29, 1.82) is 0 Å². The number of carboxylic acids is 1. The first kappa shape index (κ1) is 16.2. The number of carbonyl (C=O) groups is 2. The van der Waals surface area contributed by atoms with Crippen LogP contribution in [0, 0.1) is 0 Å². The van der Waals surface area contributed by atoms with E-state index in [1.807, 2.05) is 6.92 Å². The van der Waals surface area contributed by atoms with Crippen molar-refractivity contribution in [3.05, 3.63) is 45.7 Å². The Hall–Kier alpha value is -2.63. The van der Waals surface area contributed by atoms with Crippen LogP contribution in [-0.2, 0) is 17.8 Å². The number of rotatable bonds is 4. The summed E-state index contributed by atoms with van der Waals surface area (Å²) in [5, 5.41) is 9.91. The molecule has 0 bridgehead atoms. The lowest BCUT2D eigenvalue weighted by atomic mass is 10.0. The number of aryl methyl sites for hydroxylation is 1. The monoisotopic (exact) mass is 328 g/mol. The van der Waals surface area contributed by atoms with E-state index in [2.05, 4.69) is 0 Å². The lowest BCUT2D eigenvalue weighted by Gasteiger charge is -2.18. The second-order valence-corrected chi connectivity index (χ2v) is 6.08. The first-order valence-electron chi connectivity index (χ1n) is 8.19. The highest BCUT2D eigenvalue weighted by Crippen LogP contribution is 2.21. The van der Waals surface area contributed by atoms with Crippen LogP contribution < -0.4 is 5.56 Å². The Morgan fingerprint density at radius 2 is 1.88 bits per heavy atom. The summed E-state index contributed by atoms with van der Waals surface area (Å²) in [5.74, 6) is -1.07. The van der Waals surface area contributed by atoms with E-state index in [9.17, 15) is 19.5 Å². The van der Waals surface area contributed by atoms with Crippen LogP contribution in [0.1, 0.15) is 35.7 Å². The van der Waals surface area contributed by atoms with E-state index >= 15 is 0 Å². The zero-order valence-electron chi connectivity index (χ0n) is 13.6. The zero-order valence-corrected chi connectivity index (χ0v) is 13.6. The average molecular weight is 328 g/mol. The number of pyridine rings is 1. The number of carboxylic acid groups (broad SMARTS) is 1. The smallest absolute Gasteiger partial charge is 0.335 e. The second-order valence-electron chi connectivity index (χ2n) is 6.08. The first-order chi connectivity index (χ1) is 11.5. The number of nitrogens with zero attached hydrogens (tertiary/aromatic N) is 2. The number of fused-ring (bicyclic) bond motifs is 1. The molecule has 1 amide bonds. The van der Waals surface area contributed by atoms with E-state index in [-0.39, 0.29) is 23.6 Å². The quantitative estimate of drug-likeness (QED) is 0.929. The molecule has 1 aromatic carbocycles. The van der Waals surface area contributed by atoms with Gasteiger partial charge in [-0.05, 0) is 48.4 Å². The number of benzene rings is 1. The normalized spacial score (nSPS) is 14.3. The highest BCUT2D eigenvalue weighted by molar-refractivity contribution is 5.95. The molecule has 0 saturated carbocycles. The highest BCUT2D eigenvalue weighted by Gasteiger charge is 2.20. The van der Waals surface area contributed by atoms with Crippen LogP contribution in [0.5, 0.6) is 0 Å². The summed E-state index contributed by atoms with van der Waals surface area (Å²) in [6.07, 6.45) is 2.58. The van der Waals surface area contributed by atoms with Gasteiger partial charge in [-0.1, -0.05) is 6.92 Å². The Morgan fingerprint density at radius 3 is 2.50 bits per heavy atom. The highest BCUT2D eigenvalue weighted by atomic mass is 16.4. The molecule has 0 spiro atoms. The molecule has 0 atom stereocenters. The molecule has 6 nitrogen and oxygen atoms in total. The molecule has 1 aliphatic rings. The van der Waals surface area contributed by atoms with Gasteiger partial charge in [0.2, 0.25) is 5.91 Å². The minimum absolute atomic E-state index is 0.00437. The van der Waals surface area contributed by atoms with Crippen LogP contribution in [0.25, 0.3) is 10.9 Å². The summed E-state index contributed by atoms with van der Waals surface area (Å²) in [6.45, 7) is 3.38. The fourth-order valence-electron chi connectivity index (χ4n) is 3.29. The SMILES string of the molecule is CCc1cc(C(=O)O)cc2ccc(=O)n(CC(=O)N3CCCC3)c12. The molecule has 1 aromatic heterocycles. The lowest BCUT2D eigenvalue weighted by Crippen LogP contribution is -2.34. The maximum absolute atomic E-state index is 12.5. The maximum atomic E-state index is 12.5. The van der Waals surface area contributed by atoms with E-state index in [1.54, 1.807) is 23.1 Å². The second kappa shape index (κ2) is 6.47. The minimum Gasteiger partial charge on any atom is -0.478 e. The van der Waals surface area contributed by atoms with Crippen LogP contribution >= 0.6 is 0 Å². The Morgan fingerprint density at radius 1 is 1.17 bits per heavy atom. The number of aromatic nitrogens is 1. The van der Waals surface area contributed by atoms with Gasteiger partial charge in [-0.15, -0.1) is 0 Å². The van der Waals surface area contributed by atoms with Crippen molar-refractivity contribution < 1.29 is 14.7 Å². The van der Waals surface area contributed by atoms with Crippen molar-refractivity contribution in [3.63, 3.8) is 0 Å². The van der Waals surface area contributed by atoms with Crippen molar-refractivity contribution in [3.8, 4) is 0 Å². The summed E-state index contributed by atoms with van der Waals surface area (Å²) in [6, 6.07) is 6.15. The van der Waals surface area contributed by atoms with Crippen LogP contribution in [0.15, 0.2) is 29.1 Å². The predicted octanol–water partition coefficient (Wildman–Crippen LogP) is 1.88. The summed E-state index contributed by atoms with van der Waals surface area (Å²) in [5.41, 5.74) is 1.36. The average Bonchev–Trinajstić information content (AvgIpc) is 3.10. The van der Waals surface area contributed by atoms with Crippen molar-refractivity contribution in [1.82, 2.24) is 9.47 Å². The summed E-state index contributed by atoms with van der Waals surface area (Å²) in [7, 11) is 0. The number of likely N-dealkylation sites (tertiary alicyclic amines) is 1. The summed E-state index contributed by atoms with van der Waals surface area (Å²) < 4.78 is 1.47. The molecule has 0 aliphatic carbocycles. The molecule has 0 unspecified atom stereocenters. The van der Waals surface area contributed by atoms with Crippen molar-refractivity contribution in [2.24, 2.45) is 0 Å². The zero-order chi connectivity index (χ0) is 17.3. The molecule has 3 rings (SSSR count). The van der Waals surface area contributed by atoms with Gasteiger partial charge in [-0.25, -0.2) is 4.79 Å². The Balaban J connectivity index is 2.12. The molecular formula is C18H20N2O4. The first-order valence-corrected chi connectivity index (χ1v) is 8.19. The Labute approximate surface area is 139 Å². The van der Waals surface area contributed by atoms with Crippen molar-refractivity contribution in [2.75, 3.05) is 13.1 Å². The van der Waals surface area contributed by atoms with Crippen LogP contribution in [-0.4, -0.2) is 39.5 Å². The van der Waals surface area contributed by atoms with Gasteiger partial charge in [-0.2, -0.15) is 0 Å². The third-order valence-corrected chi connectivity index (χ3v) is 4.54. The molecule has 1 fully saturated rings.